The molecule has 0 saturated heterocycles. The number of halogens is 3. The van der Waals surface area contributed by atoms with E-state index in [9.17, 15) is 4.21 Å². The molecule has 1 heterocycles. The van der Waals surface area contributed by atoms with Crippen LogP contribution < -0.4 is 0 Å². The third-order valence-electron chi connectivity index (χ3n) is 1.99. The van der Waals surface area contributed by atoms with Crippen LogP contribution in [0.5, 0.6) is 0 Å². The first-order chi connectivity index (χ1) is 7.48. The van der Waals surface area contributed by atoms with Crippen LogP contribution in [0.25, 0.3) is 10.9 Å². The SMILES string of the molecule is O=S(c1cnc2ccccc2c1)C(Br)(Br)Br. The highest BCUT2D eigenvalue weighted by Gasteiger charge is 2.28. The molecule has 0 aliphatic heterocycles. The Balaban J connectivity index is 2.52. The number of para-hydroxylation sites is 1. The zero-order valence-electron chi connectivity index (χ0n) is 7.86. The topological polar surface area (TPSA) is 30.0 Å². The van der Waals surface area contributed by atoms with Gasteiger partial charge in [-0.3, -0.25) is 9.19 Å². The van der Waals surface area contributed by atoms with E-state index < -0.39 is 12.3 Å². The fourth-order valence-corrected chi connectivity index (χ4v) is 3.62. The van der Waals surface area contributed by atoms with E-state index in [1.54, 1.807) is 6.20 Å². The van der Waals surface area contributed by atoms with Crippen molar-refractivity contribution < 1.29 is 4.21 Å². The second-order valence-electron chi connectivity index (χ2n) is 3.08. The van der Waals surface area contributed by atoms with Crippen LogP contribution >= 0.6 is 47.8 Å². The molecule has 0 fully saturated rings. The van der Waals surface area contributed by atoms with E-state index in [0.29, 0.717) is 4.90 Å². The van der Waals surface area contributed by atoms with Crippen molar-refractivity contribution in [2.24, 2.45) is 0 Å². The quantitative estimate of drug-likeness (QED) is 0.640. The van der Waals surface area contributed by atoms with Gasteiger partial charge in [0, 0.05) is 11.6 Å². The number of hydrogen-bond acceptors (Lipinski definition) is 2. The van der Waals surface area contributed by atoms with E-state index in [1.165, 1.54) is 0 Å². The maximum atomic E-state index is 12.0. The smallest absolute Gasteiger partial charge is 0.213 e. The van der Waals surface area contributed by atoms with Crippen molar-refractivity contribution in [1.29, 1.82) is 0 Å². The Labute approximate surface area is 121 Å². The maximum absolute atomic E-state index is 12.0. The zero-order chi connectivity index (χ0) is 11.8. The molecule has 0 aliphatic carbocycles. The number of nitrogens with zero attached hydrogens (tertiary/aromatic N) is 1. The van der Waals surface area contributed by atoms with Gasteiger partial charge >= 0.3 is 0 Å². The molecule has 0 radical (unpaired) electrons. The number of benzene rings is 1. The minimum Gasteiger partial charge on any atom is -0.255 e. The van der Waals surface area contributed by atoms with Crippen LogP contribution in [0.3, 0.4) is 0 Å². The summed E-state index contributed by atoms with van der Waals surface area (Å²) in [5.74, 6) is 0. The van der Waals surface area contributed by atoms with Gasteiger partial charge in [0.25, 0.3) is 0 Å². The van der Waals surface area contributed by atoms with Gasteiger partial charge in [-0.15, -0.1) is 0 Å². The minimum atomic E-state index is -1.27. The average molecular weight is 428 g/mol. The van der Waals surface area contributed by atoms with Crippen molar-refractivity contribution in [3.05, 3.63) is 36.5 Å². The Morgan fingerprint density at radius 3 is 2.56 bits per heavy atom. The minimum absolute atomic E-state index is 0.657. The molecule has 1 unspecified atom stereocenters. The third-order valence-corrected chi connectivity index (χ3v) is 5.71. The first-order valence-corrected chi connectivity index (χ1v) is 7.85. The van der Waals surface area contributed by atoms with Crippen molar-refractivity contribution in [3.8, 4) is 0 Å². The summed E-state index contributed by atoms with van der Waals surface area (Å²) in [6.45, 7) is 0. The van der Waals surface area contributed by atoms with Crippen molar-refractivity contribution in [1.82, 2.24) is 4.98 Å². The number of fused-ring (bicyclic) bond motifs is 1. The van der Waals surface area contributed by atoms with Crippen molar-refractivity contribution >= 4 is 69.5 Å². The lowest BCUT2D eigenvalue weighted by Gasteiger charge is -2.11. The summed E-state index contributed by atoms with van der Waals surface area (Å²) in [6, 6.07) is 9.60. The molecule has 0 aliphatic rings. The second kappa shape index (κ2) is 4.84. The summed E-state index contributed by atoms with van der Waals surface area (Å²) in [4.78, 5) is 4.92. The largest absolute Gasteiger partial charge is 0.255 e. The molecule has 0 bridgehead atoms. The van der Waals surface area contributed by atoms with Crippen LogP contribution in [0.4, 0.5) is 0 Å². The van der Waals surface area contributed by atoms with Crippen LogP contribution in [0.2, 0.25) is 0 Å². The van der Waals surface area contributed by atoms with E-state index in [0.717, 1.165) is 10.9 Å². The number of aromatic nitrogens is 1. The summed E-state index contributed by atoms with van der Waals surface area (Å²) in [5.41, 5.74) is 0.896. The van der Waals surface area contributed by atoms with E-state index in [2.05, 4.69) is 52.8 Å². The predicted molar refractivity (Wildman–Crippen MR) is 77.7 cm³/mol. The van der Waals surface area contributed by atoms with Gasteiger partial charge in [-0.1, -0.05) is 18.2 Å². The Hall–Kier alpha value is 0.220. The third kappa shape index (κ3) is 2.72. The fourth-order valence-electron chi connectivity index (χ4n) is 1.29. The molecule has 16 heavy (non-hydrogen) atoms. The number of hydrogen-bond donors (Lipinski definition) is 0. The lowest BCUT2D eigenvalue weighted by molar-refractivity contribution is 0.685. The molecule has 1 aromatic carbocycles. The molecule has 6 heteroatoms. The highest BCUT2D eigenvalue weighted by atomic mass is 80.0. The molecule has 84 valence electrons. The van der Waals surface area contributed by atoms with Gasteiger partial charge in [-0.25, -0.2) is 0 Å². The van der Waals surface area contributed by atoms with Crippen LogP contribution in [-0.4, -0.2) is 10.7 Å². The van der Waals surface area contributed by atoms with Crippen LogP contribution in [0.1, 0.15) is 0 Å². The summed E-state index contributed by atoms with van der Waals surface area (Å²) < 4.78 is 11.2. The summed E-state index contributed by atoms with van der Waals surface area (Å²) >= 11 is 9.75. The molecule has 0 spiro atoms. The van der Waals surface area contributed by atoms with E-state index >= 15 is 0 Å². The van der Waals surface area contributed by atoms with Crippen LogP contribution in [0.15, 0.2) is 41.4 Å². The molecule has 0 saturated carbocycles. The van der Waals surface area contributed by atoms with Gasteiger partial charge in [-0.2, -0.15) is 0 Å². The molecule has 2 rings (SSSR count). The average Bonchev–Trinajstić information content (AvgIpc) is 2.26. The summed E-state index contributed by atoms with van der Waals surface area (Å²) in [5, 5.41) is 0.977. The second-order valence-corrected chi connectivity index (χ2v) is 13.0. The van der Waals surface area contributed by atoms with Gasteiger partial charge in [0.15, 0.2) is 0 Å². The number of rotatable bonds is 1. The molecule has 0 amide bonds. The highest BCUT2D eigenvalue weighted by Crippen LogP contribution is 2.40. The Bertz CT molecular complexity index is 553. The van der Waals surface area contributed by atoms with E-state index in [4.69, 9.17) is 0 Å². The molecular formula is C10H6Br3NOS. The highest BCUT2D eigenvalue weighted by molar-refractivity contribution is 9.42. The fraction of sp³-hybridized carbons (Fsp3) is 0.100. The van der Waals surface area contributed by atoms with Crippen molar-refractivity contribution in [2.75, 3.05) is 0 Å². The van der Waals surface area contributed by atoms with Gasteiger partial charge < -0.3 is 0 Å². The van der Waals surface area contributed by atoms with E-state index in [-0.39, 0.29) is 0 Å². The van der Waals surface area contributed by atoms with Gasteiger partial charge in [0.1, 0.15) is 0 Å². The molecule has 1 atom stereocenters. The van der Waals surface area contributed by atoms with Crippen molar-refractivity contribution in [3.63, 3.8) is 0 Å². The monoisotopic (exact) mass is 425 g/mol. The Morgan fingerprint density at radius 1 is 1.19 bits per heavy atom. The van der Waals surface area contributed by atoms with Gasteiger partial charge in [0.05, 0.1) is 21.2 Å². The van der Waals surface area contributed by atoms with Crippen LogP contribution in [-0.2, 0) is 10.8 Å². The predicted octanol–water partition coefficient (Wildman–Crippen LogP) is 4.14. The number of alkyl halides is 3. The molecule has 2 nitrogen and oxygen atoms in total. The Kier molecular flexibility index (Phi) is 3.83. The zero-order valence-corrected chi connectivity index (χ0v) is 13.4. The molecule has 0 N–H and O–H groups in total. The van der Waals surface area contributed by atoms with E-state index in [1.807, 2.05) is 30.3 Å². The first kappa shape index (κ1) is 12.7. The summed E-state index contributed by atoms with van der Waals surface area (Å²) in [6.07, 6.45) is 1.62. The molecule has 1 aromatic heterocycles. The Morgan fingerprint density at radius 2 is 1.88 bits per heavy atom. The summed E-state index contributed by atoms with van der Waals surface area (Å²) in [7, 11) is -1.27. The number of pyridine rings is 1. The normalized spacial score (nSPS) is 13.9. The van der Waals surface area contributed by atoms with Gasteiger partial charge in [-0.05, 0) is 59.9 Å². The van der Waals surface area contributed by atoms with Gasteiger partial charge in [0.2, 0.25) is 1.47 Å². The first-order valence-electron chi connectivity index (χ1n) is 4.32. The molecular weight excluding hydrogens is 422 g/mol. The van der Waals surface area contributed by atoms with Crippen LogP contribution in [0, 0.1) is 0 Å². The lowest BCUT2D eigenvalue weighted by Crippen LogP contribution is -2.10. The standard InChI is InChI=1S/C10H6Br3NOS/c11-10(12,13)16(15)8-5-7-3-1-2-4-9(7)14-6-8/h1-6H. The molecule has 2 aromatic rings. The van der Waals surface area contributed by atoms with Crippen molar-refractivity contribution in [2.45, 2.75) is 6.37 Å². The maximum Gasteiger partial charge on any atom is 0.213 e. The lowest BCUT2D eigenvalue weighted by atomic mass is 10.2.